The van der Waals surface area contributed by atoms with Crippen molar-refractivity contribution in [2.45, 2.75) is 18.3 Å². The Morgan fingerprint density at radius 1 is 1.03 bits per heavy atom. The molecule has 2 aromatic carbocycles. The highest BCUT2D eigenvalue weighted by atomic mass is 79.9. The summed E-state index contributed by atoms with van der Waals surface area (Å²) in [6.45, 7) is 2.05. The first kappa shape index (κ1) is 19.1. The summed E-state index contributed by atoms with van der Waals surface area (Å²) in [7, 11) is 0. The van der Waals surface area contributed by atoms with E-state index in [4.69, 9.17) is 9.15 Å². The number of benzene rings is 2. The summed E-state index contributed by atoms with van der Waals surface area (Å²) in [4.78, 5) is 4.59. The standard InChI is InChI=1S/C22H17BrN4O2S/c1-2-30-22-25-21-19(26-27-22)15-5-3-4-6-16(15)24-20(29-21)18-12-11-17(28-18)13-7-9-14(23)10-8-13/h3-12,20,24H,2H2,1H3/t20-/m0/s1. The summed E-state index contributed by atoms with van der Waals surface area (Å²) in [5, 5.41) is 12.6. The molecule has 0 spiro atoms. The van der Waals surface area contributed by atoms with Gasteiger partial charge in [-0.05, 0) is 36.1 Å². The molecule has 0 unspecified atom stereocenters. The number of fused-ring (bicyclic) bond motifs is 3. The molecule has 0 saturated carbocycles. The zero-order chi connectivity index (χ0) is 20.5. The van der Waals surface area contributed by atoms with Crippen LogP contribution >= 0.6 is 27.7 Å². The molecular weight excluding hydrogens is 464 g/mol. The smallest absolute Gasteiger partial charge is 0.247 e. The number of nitrogens with zero attached hydrogens (tertiary/aromatic N) is 3. The molecule has 1 aliphatic heterocycles. The van der Waals surface area contributed by atoms with Crippen LogP contribution in [0.3, 0.4) is 0 Å². The van der Waals surface area contributed by atoms with Crippen LogP contribution in [0.4, 0.5) is 5.69 Å². The first-order valence-corrected chi connectivity index (χ1v) is 11.2. The zero-order valence-electron chi connectivity index (χ0n) is 16.0. The Labute approximate surface area is 186 Å². The Balaban J connectivity index is 1.54. The third-order valence-electron chi connectivity index (χ3n) is 4.62. The number of para-hydroxylation sites is 1. The van der Waals surface area contributed by atoms with Crippen molar-refractivity contribution >= 4 is 33.4 Å². The van der Waals surface area contributed by atoms with Gasteiger partial charge in [-0.25, -0.2) is 0 Å². The van der Waals surface area contributed by atoms with E-state index in [0.29, 0.717) is 22.5 Å². The van der Waals surface area contributed by atoms with Crippen LogP contribution in [0.1, 0.15) is 18.9 Å². The molecule has 6 nitrogen and oxygen atoms in total. The van der Waals surface area contributed by atoms with Gasteiger partial charge < -0.3 is 14.5 Å². The molecule has 0 amide bonds. The van der Waals surface area contributed by atoms with Crippen molar-refractivity contribution in [2.24, 2.45) is 0 Å². The zero-order valence-corrected chi connectivity index (χ0v) is 18.4. The van der Waals surface area contributed by atoms with Gasteiger partial charge in [0.2, 0.25) is 17.3 Å². The highest BCUT2D eigenvalue weighted by Crippen LogP contribution is 2.40. The quantitative estimate of drug-likeness (QED) is 0.349. The minimum absolute atomic E-state index is 0.435. The molecule has 30 heavy (non-hydrogen) atoms. The normalized spacial score (nSPS) is 14.8. The molecule has 8 heteroatoms. The number of anilines is 1. The van der Waals surface area contributed by atoms with Crippen molar-refractivity contribution in [3.05, 3.63) is 70.9 Å². The second kappa shape index (κ2) is 8.12. The average molecular weight is 481 g/mol. The highest BCUT2D eigenvalue weighted by molar-refractivity contribution is 9.10. The van der Waals surface area contributed by atoms with E-state index in [0.717, 1.165) is 32.8 Å². The summed E-state index contributed by atoms with van der Waals surface area (Å²) in [5.41, 5.74) is 3.38. The molecule has 150 valence electrons. The monoisotopic (exact) mass is 480 g/mol. The Morgan fingerprint density at radius 3 is 2.70 bits per heavy atom. The van der Waals surface area contributed by atoms with Gasteiger partial charge in [-0.3, -0.25) is 0 Å². The van der Waals surface area contributed by atoms with Crippen LogP contribution in [0.2, 0.25) is 0 Å². The lowest BCUT2D eigenvalue weighted by atomic mass is 10.1. The molecule has 0 aliphatic carbocycles. The molecule has 1 N–H and O–H groups in total. The Hall–Kier alpha value is -2.84. The maximum atomic E-state index is 6.24. The van der Waals surface area contributed by atoms with Gasteiger partial charge in [0, 0.05) is 21.3 Å². The summed E-state index contributed by atoms with van der Waals surface area (Å²) >= 11 is 4.99. The number of aromatic nitrogens is 3. The third-order valence-corrected chi connectivity index (χ3v) is 5.87. The Bertz CT molecular complexity index is 1200. The second-order valence-electron chi connectivity index (χ2n) is 6.58. The van der Waals surface area contributed by atoms with Crippen molar-refractivity contribution < 1.29 is 9.15 Å². The van der Waals surface area contributed by atoms with Crippen LogP contribution in [-0.2, 0) is 0 Å². The maximum Gasteiger partial charge on any atom is 0.247 e. The van der Waals surface area contributed by atoms with Gasteiger partial charge in [-0.15, -0.1) is 10.2 Å². The van der Waals surface area contributed by atoms with Crippen molar-refractivity contribution in [1.29, 1.82) is 0 Å². The van der Waals surface area contributed by atoms with Crippen molar-refractivity contribution in [3.8, 4) is 28.5 Å². The van der Waals surface area contributed by atoms with Crippen LogP contribution < -0.4 is 10.1 Å². The maximum absolute atomic E-state index is 6.24. The molecule has 0 saturated heterocycles. The summed E-state index contributed by atoms with van der Waals surface area (Å²) in [5.74, 6) is 2.71. The molecule has 2 aromatic heterocycles. The van der Waals surface area contributed by atoms with E-state index >= 15 is 0 Å². The molecule has 0 bridgehead atoms. The van der Waals surface area contributed by atoms with Crippen LogP contribution in [-0.4, -0.2) is 20.9 Å². The number of rotatable bonds is 4. The van der Waals surface area contributed by atoms with E-state index in [-0.39, 0.29) is 0 Å². The van der Waals surface area contributed by atoms with Crippen molar-refractivity contribution in [3.63, 3.8) is 0 Å². The third kappa shape index (κ3) is 3.68. The largest absolute Gasteiger partial charge is 0.455 e. The topological polar surface area (TPSA) is 73.1 Å². The first-order chi connectivity index (χ1) is 14.7. The van der Waals surface area contributed by atoms with E-state index in [1.807, 2.05) is 67.6 Å². The molecule has 4 aromatic rings. The Morgan fingerprint density at radius 2 is 1.87 bits per heavy atom. The first-order valence-electron chi connectivity index (χ1n) is 9.47. The molecular formula is C22H17BrN4O2S. The predicted octanol–water partition coefficient (Wildman–Crippen LogP) is 6.18. The van der Waals surface area contributed by atoms with Crippen molar-refractivity contribution in [2.75, 3.05) is 11.1 Å². The van der Waals surface area contributed by atoms with E-state index in [9.17, 15) is 0 Å². The summed E-state index contributed by atoms with van der Waals surface area (Å²) < 4.78 is 13.4. The number of nitrogens with one attached hydrogen (secondary N) is 1. The highest BCUT2D eigenvalue weighted by Gasteiger charge is 2.28. The van der Waals surface area contributed by atoms with E-state index in [2.05, 4.69) is 36.4 Å². The number of hydrogen-bond acceptors (Lipinski definition) is 7. The van der Waals surface area contributed by atoms with Crippen LogP contribution in [0.5, 0.6) is 5.88 Å². The van der Waals surface area contributed by atoms with Crippen LogP contribution in [0.25, 0.3) is 22.6 Å². The minimum atomic E-state index is -0.548. The SMILES string of the molecule is CCSc1nnc2c(n1)O[C@@H](c1ccc(-c3ccc(Br)cc3)o1)Nc1ccccc1-2. The fourth-order valence-corrected chi connectivity index (χ4v) is 4.00. The number of ether oxygens (including phenoxy) is 1. The van der Waals surface area contributed by atoms with Crippen LogP contribution in [0.15, 0.2) is 74.7 Å². The van der Waals surface area contributed by atoms with E-state index < -0.39 is 6.23 Å². The number of hydrogen-bond donors (Lipinski definition) is 1. The van der Waals surface area contributed by atoms with Gasteiger partial charge in [0.05, 0.1) is 0 Å². The summed E-state index contributed by atoms with van der Waals surface area (Å²) in [6.07, 6.45) is -0.548. The molecule has 0 fully saturated rings. The molecule has 1 aliphatic rings. The number of halogens is 1. The average Bonchev–Trinajstić information content (AvgIpc) is 3.19. The lowest BCUT2D eigenvalue weighted by Gasteiger charge is -2.16. The van der Waals surface area contributed by atoms with E-state index in [1.54, 1.807) is 0 Å². The van der Waals surface area contributed by atoms with Gasteiger partial charge in [0.25, 0.3) is 0 Å². The molecule has 1 atom stereocenters. The lowest BCUT2D eigenvalue weighted by molar-refractivity contribution is 0.196. The predicted molar refractivity (Wildman–Crippen MR) is 120 cm³/mol. The van der Waals surface area contributed by atoms with E-state index in [1.165, 1.54) is 11.8 Å². The number of furan rings is 1. The summed E-state index contributed by atoms with van der Waals surface area (Å²) in [6, 6.07) is 19.7. The van der Waals surface area contributed by atoms with Crippen LogP contribution in [0, 0.1) is 0 Å². The van der Waals surface area contributed by atoms with Crippen molar-refractivity contribution in [1.82, 2.24) is 15.2 Å². The Kier molecular flexibility index (Phi) is 5.18. The van der Waals surface area contributed by atoms with Gasteiger partial charge in [-0.2, -0.15) is 4.98 Å². The molecule has 5 rings (SSSR count). The molecule has 0 radical (unpaired) electrons. The lowest BCUT2D eigenvalue weighted by Crippen LogP contribution is -2.16. The van der Waals surface area contributed by atoms with Gasteiger partial charge in [-0.1, -0.05) is 64.9 Å². The minimum Gasteiger partial charge on any atom is -0.455 e. The number of thioether (sulfide) groups is 1. The van der Waals surface area contributed by atoms with Gasteiger partial charge in [0.1, 0.15) is 5.76 Å². The van der Waals surface area contributed by atoms with Gasteiger partial charge >= 0.3 is 0 Å². The van der Waals surface area contributed by atoms with Gasteiger partial charge in [0.15, 0.2) is 11.5 Å². The fraction of sp³-hybridized carbons (Fsp3) is 0.136. The second-order valence-corrected chi connectivity index (χ2v) is 8.72. The molecule has 3 heterocycles. The fourth-order valence-electron chi connectivity index (χ4n) is 3.23.